The van der Waals surface area contributed by atoms with Gasteiger partial charge in [0.05, 0.1) is 6.54 Å². The van der Waals surface area contributed by atoms with E-state index in [1.165, 1.54) is 17.7 Å². The van der Waals surface area contributed by atoms with Gasteiger partial charge in [0.25, 0.3) is 0 Å². The average Bonchev–Trinajstić information content (AvgIpc) is 2.59. The Kier molecular flexibility index (Phi) is 6.18. The number of hydrogen-bond donors (Lipinski definition) is 1. The molecule has 0 aromatic heterocycles. The van der Waals surface area contributed by atoms with Crippen molar-refractivity contribution in [2.75, 3.05) is 38.0 Å². The van der Waals surface area contributed by atoms with E-state index >= 15 is 0 Å². The second-order valence-corrected chi connectivity index (χ2v) is 7.15. The third-order valence-corrected chi connectivity index (χ3v) is 4.79. The first kappa shape index (κ1) is 18.0. The van der Waals surface area contributed by atoms with Gasteiger partial charge in [-0.05, 0) is 35.9 Å². The van der Waals surface area contributed by atoms with Crippen LogP contribution in [0, 0.1) is 5.82 Å². The van der Waals surface area contributed by atoms with Crippen molar-refractivity contribution in [3.05, 3.63) is 64.4 Å². The van der Waals surface area contributed by atoms with Gasteiger partial charge in [-0.15, -0.1) is 0 Å². The average molecular weight is 406 g/mol. The minimum atomic E-state index is -0.348. The molecule has 3 rings (SSSR count). The van der Waals surface area contributed by atoms with Crippen LogP contribution in [0.15, 0.2) is 53.0 Å². The van der Waals surface area contributed by atoms with Gasteiger partial charge in [0.2, 0.25) is 5.91 Å². The number of anilines is 1. The smallest absolute Gasteiger partial charge is 0.238 e. The van der Waals surface area contributed by atoms with Crippen LogP contribution in [-0.4, -0.2) is 48.4 Å². The maximum absolute atomic E-state index is 13.2. The van der Waals surface area contributed by atoms with Crippen molar-refractivity contribution >= 4 is 27.5 Å². The molecular weight excluding hydrogens is 385 g/mol. The molecule has 0 aliphatic carbocycles. The molecule has 4 nitrogen and oxygen atoms in total. The fraction of sp³-hybridized carbons (Fsp3) is 0.316. The van der Waals surface area contributed by atoms with Gasteiger partial charge in [-0.1, -0.05) is 34.1 Å². The largest absolute Gasteiger partial charge is 0.325 e. The van der Waals surface area contributed by atoms with E-state index in [-0.39, 0.29) is 11.7 Å². The molecule has 6 heteroatoms. The first-order valence-electron chi connectivity index (χ1n) is 8.33. The molecule has 2 aromatic rings. The summed E-state index contributed by atoms with van der Waals surface area (Å²) in [6.45, 7) is 4.84. The summed E-state index contributed by atoms with van der Waals surface area (Å²) >= 11 is 3.45. The van der Waals surface area contributed by atoms with E-state index in [9.17, 15) is 9.18 Å². The Hall–Kier alpha value is -1.76. The molecule has 132 valence electrons. The Morgan fingerprint density at radius 1 is 1.04 bits per heavy atom. The number of halogens is 2. The quantitative estimate of drug-likeness (QED) is 0.828. The first-order chi connectivity index (χ1) is 12.1. The van der Waals surface area contributed by atoms with Gasteiger partial charge in [0.1, 0.15) is 5.82 Å². The van der Waals surface area contributed by atoms with Crippen molar-refractivity contribution in [3.8, 4) is 0 Å². The summed E-state index contributed by atoms with van der Waals surface area (Å²) in [6, 6.07) is 14.3. The Morgan fingerprint density at radius 3 is 2.40 bits per heavy atom. The minimum absolute atomic E-state index is 0.105. The SMILES string of the molecule is O=C(CN1CCN(Cc2ccc(Br)cc2)CC1)Nc1cccc(F)c1. The molecule has 2 aromatic carbocycles. The zero-order chi connectivity index (χ0) is 17.6. The lowest BCUT2D eigenvalue weighted by molar-refractivity contribution is -0.117. The van der Waals surface area contributed by atoms with Gasteiger partial charge >= 0.3 is 0 Å². The monoisotopic (exact) mass is 405 g/mol. The molecule has 0 spiro atoms. The number of amides is 1. The minimum Gasteiger partial charge on any atom is -0.325 e. The topological polar surface area (TPSA) is 35.6 Å². The Labute approximate surface area is 155 Å². The Morgan fingerprint density at radius 2 is 1.72 bits per heavy atom. The van der Waals surface area contributed by atoms with Crippen LogP contribution in [0.1, 0.15) is 5.56 Å². The lowest BCUT2D eigenvalue weighted by atomic mass is 10.2. The summed E-state index contributed by atoms with van der Waals surface area (Å²) in [5.74, 6) is -0.452. The summed E-state index contributed by atoms with van der Waals surface area (Å²) in [5, 5.41) is 2.75. The van der Waals surface area contributed by atoms with Gasteiger partial charge in [-0.25, -0.2) is 4.39 Å². The third kappa shape index (κ3) is 5.63. The zero-order valence-electron chi connectivity index (χ0n) is 13.9. The number of nitrogens with zero attached hydrogens (tertiary/aromatic N) is 2. The first-order valence-corrected chi connectivity index (χ1v) is 9.12. The van der Waals surface area contributed by atoms with Gasteiger partial charge in [0.15, 0.2) is 0 Å². The number of piperazine rings is 1. The number of benzene rings is 2. The maximum Gasteiger partial charge on any atom is 0.238 e. The van der Waals surface area contributed by atoms with Gasteiger partial charge in [-0.3, -0.25) is 14.6 Å². The summed E-state index contributed by atoms with van der Waals surface area (Å²) < 4.78 is 14.2. The normalized spacial score (nSPS) is 15.9. The van der Waals surface area contributed by atoms with E-state index < -0.39 is 0 Å². The van der Waals surface area contributed by atoms with Crippen LogP contribution >= 0.6 is 15.9 Å². The van der Waals surface area contributed by atoms with Gasteiger partial charge < -0.3 is 5.32 Å². The highest BCUT2D eigenvalue weighted by atomic mass is 79.9. The standard InChI is InChI=1S/C19H21BrFN3O/c20-16-6-4-15(5-7-16)13-23-8-10-24(11-9-23)14-19(25)22-18-3-1-2-17(21)12-18/h1-7,12H,8-11,13-14H2,(H,22,25). The van der Waals surface area contributed by atoms with Gasteiger partial charge in [-0.2, -0.15) is 0 Å². The Bertz CT molecular complexity index is 715. The summed E-state index contributed by atoms with van der Waals surface area (Å²) in [4.78, 5) is 16.6. The molecule has 0 saturated carbocycles. The second kappa shape index (κ2) is 8.56. The van der Waals surface area contributed by atoms with Crippen molar-refractivity contribution in [2.45, 2.75) is 6.54 Å². The molecule has 25 heavy (non-hydrogen) atoms. The molecule has 1 aliphatic heterocycles. The van der Waals surface area contributed by atoms with E-state index in [1.807, 2.05) is 0 Å². The van der Waals surface area contributed by atoms with Crippen molar-refractivity contribution < 1.29 is 9.18 Å². The Balaban J connectivity index is 1.42. The summed E-state index contributed by atoms with van der Waals surface area (Å²) in [6.07, 6.45) is 0. The third-order valence-electron chi connectivity index (χ3n) is 4.26. The van der Waals surface area contributed by atoms with Crippen LogP contribution in [0.25, 0.3) is 0 Å². The predicted molar refractivity (Wildman–Crippen MR) is 101 cm³/mol. The zero-order valence-corrected chi connectivity index (χ0v) is 15.5. The number of carbonyl (C=O) groups excluding carboxylic acids is 1. The molecule has 1 aliphatic rings. The van der Waals surface area contributed by atoms with E-state index in [0.29, 0.717) is 12.2 Å². The predicted octanol–water partition coefficient (Wildman–Crippen LogP) is 3.34. The highest BCUT2D eigenvalue weighted by molar-refractivity contribution is 9.10. The molecule has 0 atom stereocenters. The number of rotatable bonds is 5. The van der Waals surface area contributed by atoms with Crippen LogP contribution in [0.2, 0.25) is 0 Å². The highest BCUT2D eigenvalue weighted by Gasteiger charge is 2.19. The molecule has 0 radical (unpaired) electrons. The van der Waals surface area contributed by atoms with Crippen LogP contribution in [0.3, 0.4) is 0 Å². The van der Waals surface area contributed by atoms with Crippen LogP contribution < -0.4 is 5.32 Å². The number of hydrogen-bond acceptors (Lipinski definition) is 3. The van der Waals surface area contributed by atoms with Crippen molar-refractivity contribution in [3.63, 3.8) is 0 Å². The molecule has 1 N–H and O–H groups in total. The summed E-state index contributed by atoms with van der Waals surface area (Å²) in [5.41, 5.74) is 1.79. The van der Waals surface area contributed by atoms with E-state index in [2.05, 4.69) is 55.3 Å². The highest BCUT2D eigenvalue weighted by Crippen LogP contribution is 2.14. The van der Waals surface area contributed by atoms with Crippen LogP contribution in [0.4, 0.5) is 10.1 Å². The van der Waals surface area contributed by atoms with Crippen molar-refractivity contribution in [2.24, 2.45) is 0 Å². The van der Waals surface area contributed by atoms with E-state index in [4.69, 9.17) is 0 Å². The molecule has 1 saturated heterocycles. The second-order valence-electron chi connectivity index (χ2n) is 6.24. The molecule has 1 fully saturated rings. The fourth-order valence-corrected chi connectivity index (χ4v) is 3.19. The lowest BCUT2D eigenvalue weighted by Crippen LogP contribution is -2.48. The lowest BCUT2D eigenvalue weighted by Gasteiger charge is -2.34. The van der Waals surface area contributed by atoms with Crippen LogP contribution in [0.5, 0.6) is 0 Å². The van der Waals surface area contributed by atoms with Crippen LogP contribution in [-0.2, 0) is 11.3 Å². The van der Waals surface area contributed by atoms with Crippen molar-refractivity contribution in [1.29, 1.82) is 0 Å². The fourth-order valence-electron chi connectivity index (χ4n) is 2.92. The van der Waals surface area contributed by atoms with Crippen molar-refractivity contribution in [1.82, 2.24) is 9.80 Å². The number of carbonyl (C=O) groups is 1. The molecule has 0 unspecified atom stereocenters. The molecule has 1 heterocycles. The maximum atomic E-state index is 13.2. The molecular formula is C19H21BrFN3O. The van der Waals surface area contributed by atoms with E-state index in [0.717, 1.165) is 37.2 Å². The molecule has 0 bridgehead atoms. The summed E-state index contributed by atoms with van der Waals surface area (Å²) in [7, 11) is 0. The van der Waals surface area contributed by atoms with Gasteiger partial charge in [0, 0.05) is 42.9 Å². The number of nitrogens with one attached hydrogen (secondary N) is 1. The molecule has 1 amide bonds. The van der Waals surface area contributed by atoms with E-state index in [1.54, 1.807) is 12.1 Å².